The van der Waals surface area contributed by atoms with Crippen molar-refractivity contribution in [1.82, 2.24) is 18.9 Å². The Balaban J connectivity index is 2.02. The summed E-state index contributed by atoms with van der Waals surface area (Å²) in [5, 5.41) is 13.3. The highest BCUT2D eigenvalue weighted by molar-refractivity contribution is 6.33. The van der Waals surface area contributed by atoms with Gasteiger partial charge < -0.3 is 0 Å². The van der Waals surface area contributed by atoms with E-state index in [1.807, 2.05) is 6.07 Å². The Bertz CT molecular complexity index is 1570. The zero-order valence-electron chi connectivity index (χ0n) is 17.8. The number of alkyl halides is 3. The zero-order valence-corrected chi connectivity index (χ0v) is 18.5. The van der Waals surface area contributed by atoms with Gasteiger partial charge in [-0.25, -0.2) is 9.48 Å². The van der Waals surface area contributed by atoms with Crippen LogP contribution in [0.5, 0.6) is 0 Å². The standard InChI is InChI=1S/C23H15ClF3N5O2/c1-13-19(20-18(24)12-29-32(20)16-8-6-14(11-28)7-9-16)21(33)30(2)22(34)31(13)17-5-3-4-15(10-17)23(25,26)27/h3-10,12H,1-2H3. The smallest absolute Gasteiger partial charge is 0.268 e. The van der Waals surface area contributed by atoms with E-state index in [0.29, 0.717) is 11.3 Å². The third-order valence-corrected chi connectivity index (χ3v) is 5.60. The van der Waals surface area contributed by atoms with Gasteiger partial charge >= 0.3 is 11.9 Å². The monoisotopic (exact) mass is 485 g/mol. The molecule has 0 N–H and O–H groups in total. The van der Waals surface area contributed by atoms with Gasteiger partial charge in [0.2, 0.25) is 0 Å². The van der Waals surface area contributed by atoms with Crippen molar-refractivity contribution in [2.45, 2.75) is 13.1 Å². The zero-order chi connectivity index (χ0) is 24.8. The van der Waals surface area contributed by atoms with Gasteiger partial charge in [0.25, 0.3) is 5.56 Å². The molecule has 11 heteroatoms. The molecule has 0 unspecified atom stereocenters. The van der Waals surface area contributed by atoms with E-state index in [9.17, 15) is 22.8 Å². The van der Waals surface area contributed by atoms with Crippen LogP contribution in [0.1, 0.15) is 16.8 Å². The Morgan fingerprint density at radius 2 is 1.74 bits per heavy atom. The summed E-state index contributed by atoms with van der Waals surface area (Å²) in [5.74, 6) is 0. The van der Waals surface area contributed by atoms with Gasteiger partial charge in [-0.3, -0.25) is 13.9 Å². The largest absolute Gasteiger partial charge is 0.416 e. The lowest BCUT2D eigenvalue weighted by atomic mass is 10.1. The van der Waals surface area contributed by atoms with Gasteiger partial charge in [0.05, 0.1) is 45.4 Å². The van der Waals surface area contributed by atoms with E-state index >= 15 is 0 Å². The Labute approximate surface area is 195 Å². The maximum Gasteiger partial charge on any atom is 0.416 e. The average Bonchev–Trinajstić information content (AvgIpc) is 3.18. The molecule has 2 aromatic carbocycles. The topological polar surface area (TPSA) is 85.6 Å². The molecule has 0 spiro atoms. The minimum atomic E-state index is -4.62. The van der Waals surface area contributed by atoms with Crippen LogP contribution in [0.15, 0.2) is 64.3 Å². The highest BCUT2D eigenvalue weighted by Crippen LogP contribution is 2.32. The molecule has 0 amide bonds. The molecule has 0 aliphatic heterocycles. The molecule has 2 heterocycles. The number of benzene rings is 2. The first kappa shape index (κ1) is 23.1. The summed E-state index contributed by atoms with van der Waals surface area (Å²) in [6, 6.07) is 12.6. The van der Waals surface area contributed by atoms with Crippen LogP contribution < -0.4 is 11.2 Å². The molecule has 4 aromatic rings. The number of halogens is 4. The van der Waals surface area contributed by atoms with Gasteiger partial charge in [0.15, 0.2) is 0 Å². The fraction of sp³-hybridized carbons (Fsp3) is 0.130. The van der Waals surface area contributed by atoms with Crippen molar-refractivity contribution < 1.29 is 13.2 Å². The molecule has 2 aromatic heterocycles. The maximum absolute atomic E-state index is 13.3. The Hall–Kier alpha value is -4.10. The van der Waals surface area contributed by atoms with Crippen molar-refractivity contribution in [3.05, 3.63) is 97.4 Å². The SMILES string of the molecule is Cc1c(-c2c(Cl)cnn2-c2ccc(C#N)cc2)c(=O)n(C)c(=O)n1-c1cccc(C(F)(F)F)c1. The molecule has 0 saturated heterocycles. The molecule has 0 fully saturated rings. The van der Waals surface area contributed by atoms with Gasteiger partial charge in [0.1, 0.15) is 5.69 Å². The third kappa shape index (κ3) is 3.80. The predicted octanol–water partition coefficient (Wildman–Crippen LogP) is 4.24. The summed E-state index contributed by atoms with van der Waals surface area (Å²) in [6.45, 7) is 1.45. The van der Waals surface area contributed by atoms with Gasteiger partial charge in [-0.15, -0.1) is 0 Å². The first-order valence-electron chi connectivity index (χ1n) is 9.79. The van der Waals surface area contributed by atoms with Gasteiger partial charge in [-0.2, -0.15) is 23.5 Å². The van der Waals surface area contributed by atoms with E-state index in [1.54, 1.807) is 24.3 Å². The highest BCUT2D eigenvalue weighted by atomic mass is 35.5. The van der Waals surface area contributed by atoms with Gasteiger partial charge in [0, 0.05) is 12.7 Å². The molecular weight excluding hydrogens is 471 g/mol. The molecule has 0 radical (unpaired) electrons. The van der Waals surface area contributed by atoms with E-state index in [4.69, 9.17) is 16.9 Å². The van der Waals surface area contributed by atoms with Crippen molar-refractivity contribution in [3.63, 3.8) is 0 Å². The van der Waals surface area contributed by atoms with Crippen LogP contribution >= 0.6 is 11.6 Å². The van der Waals surface area contributed by atoms with Crippen LogP contribution in [-0.4, -0.2) is 18.9 Å². The van der Waals surface area contributed by atoms with Crippen molar-refractivity contribution >= 4 is 11.6 Å². The number of hydrogen-bond acceptors (Lipinski definition) is 4. The summed E-state index contributed by atoms with van der Waals surface area (Å²) in [6.07, 6.45) is -3.30. The van der Waals surface area contributed by atoms with Crippen molar-refractivity contribution in [2.24, 2.45) is 7.05 Å². The molecule has 0 aliphatic rings. The second kappa shape index (κ2) is 8.35. The number of nitrogens with zero attached hydrogens (tertiary/aromatic N) is 5. The average molecular weight is 486 g/mol. The van der Waals surface area contributed by atoms with Crippen molar-refractivity contribution in [1.29, 1.82) is 5.26 Å². The Morgan fingerprint density at radius 1 is 1.06 bits per heavy atom. The minimum Gasteiger partial charge on any atom is -0.268 e. The molecule has 172 valence electrons. The lowest BCUT2D eigenvalue weighted by Crippen LogP contribution is -2.40. The summed E-state index contributed by atoms with van der Waals surface area (Å²) < 4.78 is 43.1. The van der Waals surface area contributed by atoms with Crippen molar-refractivity contribution in [3.8, 4) is 28.7 Å². The molecule has 0 aliphatic carbocycles. The number of rotatable bonds is 3. The van der Waals surface area contributed by atoms with Crippen LogP contribution in [0.4, 0.5) is 13.2 Å². The van der Waals surface area contributed by atoms with E-state index in [2.05, 4.69) is 5.10 Å². The maximum atomic E-state index is 13.3. The van der Waals surface area contributed by atoms with Gasteiger partial charge in [-0.1, -0.05) is 17.7 Å². The lowest BCUT2D eigenvalue weighted by Gasteiger charge is -2.18. The van der Waals surface area contributed by atoms with E-state index in [1.165, 1.54) is 37.0 Å². The molecule has 4 rings (SSSR count). The molecule has 7 nitrogen and oxygen atoms in total. The summed E-state index contributed by atoms with van der Waals surface area (Å²) >= 11 is 6.39. The summed E-state index contributed by atoms with van der Waals surface area (Å²) in [5.41, 5.74) is -1.37. The van der Waals surface area contributed by atoms with Crippen molar-refractivity contribution in [2.75, 3.05) is 0 Å². The van der Waals surface area contributed by atoms with Crippen LogP contribution in [-0.2, 0) is 13.2 Å². The fourth-order valence-electron chi connectivity index (χ4n) is 3.64. The summed E-state index contributed by atoms with van der Waals surface area (Å²) in [7, 11) is 1.23. The quantitative estimate of drug-likeness (QED) is 0.434. The number of aromatic nitrogens is 4. The predicted molar refractivity (Wildman–Crippen MR) is 119 cm³/mol. The van der Waals surface area contributed by atoms with Gasteiger partial charge in [-0.05, 0) is 49.4 Å². The third-order valence-electron chi connectivity index (χ3n) is 5.33. The number of nitriles is 1. The van der Waals surface area contributed by atoms with Crippen LogP contribution in [0, 0.1) is 18.3 Å². The van der Waals surface area contributed by atoms with Crippen LogP contribution in [0.25, 0.3) is 22.6 Å². The highest BCUT2D eigenvalue weighted by Gasteiger charge is 2.31. The van der Waals surface area contributed by atoms with E-state index < -0.39 is 23.0 Å². The summed E-state index contributed by atoms with van der Waals surface area (Å²) in [4.78, 5) is 26.1. The fourth-order valence-corrected chi connectivity index (χ4v) is 3.86. The van der Waals surface area contributed by atoms with E-state index in [0.717, 1.165) is 21.3 Å². The van der Waals surface area contributed by atoms with Crippen LogP contribution in [0.2, 0.25) is 5.02 Å². The van der Waals surface area contributed by atoms with Crippen LogP contribution in [0.3, 0.4) is 0 Å². The second-order valence-electron chi connectivity index (χ2n) is 7.40. The molecule has 34 heavy (non-hydrogen) atoms. The normalized spacial score (nSPS) is 11.4. The first-order chi connectivity index (χ1) is 16.0. The Kier molecular flexibility index (Phi) is 5.67. The van der Waals surface area contributed by atoms with E-state index in [-0.39, 0.29) is 27.7 Å². The molecule has 0 saturated carbocycles. The molecular formula is C23H15ClF3N5O2. The molecule has 0 atom stereocenters. The lowest BCUT2D eigenvalue weighted by molar-refractivity contribution is -0.137. The Morgan fingerprint density at radius 3 is 2.35 bits per heavy atom. The molecule has 0 bridgehead atoms. The minimum absolute atomic E-state index is 0.00799. The second-order valence-corrected chi connectivity index (χ2v) is 7.81. The first-order valence-corrected chi connectivity index (χ1v) is 10.2. The number of hydrogen-bond donors (Lipinski definition) is 0.